The van der Waals surface area contributed by atoms with Gasteiger partial charge >= 0.3 is 0 Å². The molecule has 0 bridgehead atoms. The van der Waals surface area contributed by atoms with Crippen LogP contribution in [0.5, 0.6) is 0 Å². The SMILES string of the molecule is OC1Cc2cccc3c(Cl)ccc1c23. The van der Waals surface area contributed by atoms with E-state index >= 15 is 0 Å². The van der Waals surface area contributed by atoms with Crippen LogP contribution in [0.3, 0.4) is 0 Å². The summed E-state index contributed by atoms with van der Waals surface area (Å²) in [6, 6.07) is 9.83. The maximum absolute atomic E-state index is 9.81. The van der Waals surface area contributed by atoms with Gasteiger partial charge in [0.25, 0.3) is 0 Å². The first-order valence-corrected chi connectivity index (χ1v) is 5.03. The van der Waals surface area contributed by atoms with E-state index in [0.717, 1.165) is 21.4 Å². The third kappa shape index (κ3) is 0.941. The molecule has 0 saturated carbocycles. The number of halogens is 1. The van der Waals surface area contributed by atoms with Crippen molar-refractivity contribution in [2.24, 2.45) is 0 Å². The lowest BCUT2D eigenvalue weighted by Gasteiger charge is -2.04. The molecule has 0 aromatic heterocycles. The van der Waals surface area contributed by atoms with Crippen LogP contribution in [-0.2, 0) is 6.42 Å². The molecule has 0 heterocycles. The van der Waals surface area contributed by atoms with Gasteiger partial charge in [-0.2, -0.15) is 0 Å². The molecule has 3 rings (SSSR count). The van der Waals surface area contributed by atoms with Crippen molar-refractivity contribution >= 4 is 22.4 Å². The van der Waals surface area contributed by atoms with Gasteiger partial charge in [0.1, 0.15) is 0 Å². The normalized spacial score (nSPS) is 19.1. The van der Waals surface area contributed by atoms with Crippen molar-refractivity contribution in [2.75, 3.05) is 0 Å². The van der Waals surface area contributed by atoms with Crippen LogP contribution in [0, 0.1) is 0 Å². The van der Waals surface area contributed by atoms with E-state index in [1.165, 1.54) is 5.56 Å². The second-order valence-corrected chi connectivity index (χ2v) is 4.10. The monoisotopic (exact) mass is 204 g/mol. The maximum Gasteiger partial charge on any atom is 0.0836 e. The molecule has 1 unspecified atom stereocenters. The largest absolute Gasteiger partial charge is 0.388 e. The second kappa shape index (κ2) is 2.72. The Morgan fingerprint density at radius 2 is 2.07 bits per heavy atom. The molecule has 1 aliphatic rings. The zero-order valence-electron chi connectivity index (χ0n) is 7.50. The van der Waals surface area contributed by atoms with E-state index in [1.807, 2.05) is 24.3 Å². The van der Waals surface area contributed by atoms with Crippen LogP contribution in [0.25, 0.3) is 10.8 Å². The molecule has 0 saturated heterocycles. The van der Waals surface area contributed by atoms with E-state index in [1.54, 1.807) is 0 Å². The molecule has 1 N–H and O–H groups in total. The van der Waals surface area contributed by atoms with Gasteiger partial charge in [0.05, 0.1) is 6.10 Å². The van der Waals surface area contributed by atoms with Gasteiger partial charge in [0, 0.05) is 16.8 Å². The summed E-state index contributed by atoms with van der Waals surface area (Å²) in [5, 5.41) is 12.8. The Bertz CT molecular complexity index is 519. The highest BCUT2D eigenvalue weighted by molar-refractivity contribution is 6.35. The molecule has 0 aliphatic heterocycles. The first-order chi connectivity index (χ1) is 6.77. The molecule has 0 radical (unpaired) electrons. The van der Waals surface area contributed by atoms with E-state index < -0.39 is 0 Å². The highest BCUT2D eigenvalue weighted by atomic mass is 35.5. The highest BCUT2D eigenvalue weighted by Crippen LogP contribution is 2.39. The van der Waals surface area contributed by atoms with Gasteiger partial charge in [-0.25, -0.2) is 0 Å². The zero-order chi connectivity index (χ0) is 9.71. The Hall–Kier alpha value is -1.05. The number of aliphatic hydroxyl groups excluding tert-OH is 1. The van der Waals surface area contributed by atoms with E-state index in [4.69, 9.17) is 11.6 Å². The highest BCUT2D eigenvalue weighted by Gasteiger charge is 2.22. The third-order valence-electron chi connectivity index (χ3n) is 2.88. The smallest absolute Gasteiger partial charge is 0.0836 e. The van der Waals surface area contributed by atoms with Crippen molar-refractivity contribution in [2.45, 2.75) is 12.5 Å². The fourth-order valence-electron chi connectivity index (χ4n) is 2.24. The fraction of sp³-hybridized carbons (Fsp3) is 0.167. The van der Waals surface area contributed by atoms with Gasteiger partial charge in [-0.1, -0.05) is 35.9 Å². The summed E-state index contributed by atoms with van der Waals surface area (Å²) in [7, 11) is 0. The third-order valence-corrected chi connectivity index (χ3v) is 3.21. The summed E-state index contributed by atoms with van der Waals surface area (Å²) in [6.07, 6.45) is 0.361. The maximum atomic E-state index is 9.81. The molecule has 70 valence electrons. The molecular weight excluding hydrogens is 196 g/mol. The fourth-order valence-corrected chi connectivity index (χ4v) is 2.46. The van der Waals surface area contributed by atoms with Gasteiger partial charge in [-0.15, -0.1) is 0 Å². The van der Waals surface area contributed by atoms with E-state index in [2.05, 4.69) is 6.07 Å². The molecular formula is C12H9ClO. The van der Waals surface area contributed by atoms with Crippen molar-refractivity contribution in [3.05, 3.63) is 46.5 Å². The predicted molar refractivity (Wildman–Crippen MR) is 57.6 cm³/mol. The molecule has 0 fully saturated rings. The van der Waals surface area contributed by atoms with Crippen LogP contribution in [0.2, 0.25) is 5.02 Å². The first kappa shape index (κ1) is 8.27. The Morgan fingerprint density at radius 3 is 2.93 bits per heavy atom. The molecule has 2 aromatic carbocycles. The lowest BCUT2D eigenvalue weighted by Crippen LogP contribution is -1.91. The van der Waals surface area contributed by atoms with Gasteiger partial charge in [0.2, 0.25) is 0 Å². The minimum atomic E-state index is -0.354. The Balaban J connectivity index is 2.52. The Morgan fingerprint density at radius 1 is 1.21 bits per heavy atom. The number of aliphatic hydroxyl groups is 1. The number of hydrogen-bond acceptors (Lipinski definition) is 1. The van der Waals surface area contributed by atoms with Gasteiger partial charge in [-0.3, -0.25) is 0 Å². The van der Waals surface area contributed by atoms with Crippen LogP contribution in [-0.4, -0.2) is 5.11 Å². The van der Waals surface area contributed by atoms with Gasteiger partial charge < -0.3 is 5.11 Å². The molecule has 0 amide bonds. The van der Waals surface area contributed by atoms with E-state index in [0.29, 0.717) is 6.42 Å². The summed E-state index contributed by atoms with van der Waals surface area (Å²) >= 11 is 6.09. The van der Waals surface area contributed by atoms with Crippen molar-refractivity contribution < 1.29 is 5.11 Å². The van der Waals surface area contributed by atoms with Crippen molar-refractivity contribution in [1.82, 2.24) is 0 Å². The molecule has 2 aromatic rings. The minimum absolute atomic E-state index is 0.354. The van der Waals surface area contributed by atoms with Crippen LogP contribution in [0.15, 0.2) is 30.3 Å². The predicted octanol–water partition coefficient (Wildman–Crippen LogP) is 3.08. The Kier molecular flexibility index (Phi) is 1.61. The zero-order valence-corrected chi connectivity index (χ0v) is 8.25. The molecule has 0 spiro atoms. The lowest BCUT2D eigenvalue weighted by molar-refractivity contribution is 0.185. The average Bonchev–Trinajstić information content (AvgIpc) is 2.50. The lowest BCUT2D eigenvalue weighted by atomic mass is 10.1. The summed E-state index contributed by atoms with van der Waals surface area (Å²) in [5.74, 6) is 0. The van der Waals surface area contributed by atoms with Crippen LogP contribution in [0.4, 0.5) is 0 Å². The average molecular weight is 205 g/mol. The van der Waals surface area contributed by atoms with Crippen molar-refractivity contribution in [1.29, 1.82) is 0 Å². The topological polar surface area (TPSA) is 20.2 Å². The van der Waals surface area contributed by atoms with Crippen molar-refractivity contribution in [3.63, 3.8) is 0 Å². The van der Waals surface area contributed by atoms with Gasteiger partial charge in [-0.05, 0) is 22.6 Å². The number of benzene rings is 2. The van der Waals surface area contributed by atoms with E-state index in [-0.39, 0.29) is 6.10 Å². The van der Waals surface area contributed by atoms with Crippen LogP contribution >= 0.6 is 11.6 Å². The standard InChI is InChI=1S/C12H9ClO/c13-10-5-4-9-11(14)6-7-2-1-3-8(10)12(7)9/h1-5,11,14H,6H2. The minimum Gasteiger partial charge on any atom is -0.388 e. The summed E-state index contributed by atoms with van der Waals surface area (Å²) < 4.78 is 0. The summed E-state index contributed by atoms with van der Waals surface area (Å²) in [6.45, 7) is 0. The quantitative estimate of drug-likeness (QED) is 0.699. The van der Waals surface area contributed by atoms with Crippen LogP contribution in [0.1, 0.15) is 17.2 Å². The summed E-state index contributed by atoms with van der Waals surface area (Å²) in [5.41, 5.74) is 2.22. The molecule has 2 heteroatoms. The van der Waals surface area contributed by atoms with Crippen LogP contribution < -0.4 is 0 Å². The van der Waals surface area contributed by atoms with Crippen molar-refractivity contribution in [3.8, 4) is 0 Å². The molecule has 1 atom stereocenters. The van der Waals surface area contributed by atoms with Gasteiger partial charge in [0.15, 0.2) is 0 Å². The van der Waals surface area contributed by atoms with E-state index in [9.17, 15) is 5.11 Å². The number of rotatable bonds is 0. The second-order valence-electron chi connectivity index (χ2n) is 3.70. The number of hydrogen-bond donors (Lipinski definition) is 1. The first-order valence-electron chi connectivity index (χ1n) is 4.65. The molecule has 14 heavy (non-hydrogen) atoms. The molecule has 1 aliphatic carbocycles. The summed E-state index contributed by atoms with van der Waals surface area (Å²) in [4.78, 5) is 0. The Labute approximate surface area is 86.9 Å². The molecule has 1 nitrogen and oxygen atoms in total.